The first-order valence-corrected chi connectivity index (χ1v) is 5.57. The van der Waals surface area contributed by atoms with Gasteiger partial charge in [-0.15, -0.1) is 0 Å². The van der Waals surface area contributed by atoms with E-state index in [0.717, 1.165) is 5.56 Å². The maximum absolute atomic E-state index is 11.1. The van der Waals surface area contributed by atoms with Crippen molar-refractivity contribution in [1.82, 2.24) is 15.6 Å². The van der Waals surface area contributed by atoms with Gasteiger partial charge in [0, 0.05) is 18.4 Å². The molecule has 94 valence electrons. The minimum atomic E-state index is -0.533. The number of nitrogens with one attached hydrogen (secondary N) is 1. The van der Waals surface area contributed by atoms with Crippen molar-refractivity contribution < 1.29 is 14.5 Å². The summed E-state index contributed by atoms with van der Waals surface area (Å²) in [4.78, 5) is 15.3. The fraction of sp³-hybridized carbons (Fsp3) is 0.250. The number of aromatic nitrogens is 2. The minimum absolute atomic E-state index is 0.392. The molecule has 0 bridgehead atoms. The first kappa shape index (κ1) is 12.3. The van der Waals surface area contributed by atoms with Crippen LogP contribution in [0.15, 0.2) is 28.8 Å². The topological polar surface area (TPSA) is 88.2 Å². The SMILES string of the molecule is CCc1nc(Cc2ccc(C(=O)NO)cc2)no1. The first-order chi connectivity index (χ1) is 8.72. The molecule has 2 N–H and O–H groups in total. The molecule has 0 aliphatic rings. The molecule has 0 aliphatic carbocycles. The fourth-order valence-corrected chi connectivity index (χ4v) is 1.53. The van der Waals surface area contributed by atoms with E-state index in [1.807, 2.05) is 6.92 Å². The zero-order chi connectivity index (χ0) is 13.0. The molecule has 0 unspecified atom stereocenters. The van der Waals surface area contributed by atoms with Crippen molar-refractivity contribution >= 4 is 5.91 Å². The molecule has 1 aromatic carbocycles. The summed E-state index contributed by atoms with van der Waals surface area (Å²) < 4.78 is 5.01. The van der Waals surface area contributed by atoms with E-state index < -0.39 is 5.91 Å². The van der Waals surface area contributed by atoms with Gasteiger partial charge in [0.05, 0.1) is 0 Å². The summed E-state index contributed by atoms with van der Waals surface area (Å²) >= 11 is 0. The Balaban J connectivity index is 2.08. The number of rotatable bonds is 4. The average Bonchev–Trinajstić information content (AvgIpc) is 2.86. The van der Waals surface area contributed by atoms with Crippen LogP contribution in [0.1, 0.15) is 34.6 Å². The molecular weight excluding hydrogens is 234 g/mol. The standard InChI is InChI=1S/C12H13N3O3/c1-2-11-13-10(15-18-11)7-8-3-5-9(6-4-8)12(16)14-17/h3-6,17H,2,7H2,1H3,(H,14,16). The quantitative estimate of drug-likeness (QED) is 0.628. The van der Waals surface area contributed by atoms with Crippen molar-refractivity contribution in [2.45, 2.75) is 19.8 Å². The van der Waals surface area contributed by atoms with Crippen LogP contribution in [0.2, 0.25) is 0 Å². The van der Waals surface area contributed by atoms with E-state index in [1.165, 1.54) is 0 Å². The van der Waals surface area contributed by atoms with Gasteiger partial charge in [-0.1, -0.05) is 24.2 Å². The highest BCUT2D eigenvalue weighted by Gasteiger charge is 2.07. The lowest BCUT2D eigenvalue weighted by Crippen LogP contribution is -2.18. The third kappa shape index (κ3) is 2.72. The molecule has 0 saturated carbocycles. The van der Waals surface area contributed by atoms with E-state index in [2.05, 4.69) is 10.1 Å². The molecule has 0 atom stereocenters. The summed E-state index contributed by atoms with van der Waals surface area (Å²) in [7, 11) is 0. The maximum Gasteiger partial charge on any atom is 0.274 e. The van der Waals surface area contributed by atoms with Crippen LogP contribution >= 0.6 is 0 Å². The van der Waals surface area contributed by atoms with Crippen molar-refractivity contribution in [2.75, 3.05) is 0 Å². The molecular formula is C12H13N3O3. The van der Waals surface area contributed by atoms with Gasteiger partial charge >= 0.3 is 0 Å². The molecule has 0 saturated heterocycles. The second kappa shape index (κ2) is 5.42. The number of amides is 1. The molecule has 2 aromatic rings. The summed E-state index contributed by atoms with van der Waals surface area (Å²) in [5.41, 5.74) is 2.94. The average molecular weight is 247 g/mol. The van der Waals surface area contributed by atoms with Gasteiger partial charge in [-0.05, 0) is 17.7 Å². The van der Waals surface area contributed by atoms with Crippen molar-refractivity contribution in [2.24, 2.45) is 0 Å². The predicted octanol–water partition coefficient (Wildman–Crippen LogP) is 1.34. The first-order valence-electron chi connectivity index (χ1n) is 5.57. The van der Waals surface area contributed by atoms with Crippen LogP contribution in [0.4, 0.5) is 0 Å². The van der Waals surface area contributed by atoms with E-state index in [9.17, 15) is 4.79 Å². The summed E-state index contributed by atoms with van der Waals surface area (Å²) in [6.45, 7) is 1.94. The molecule has 1 amide bonds. The number of nitrogens with zero attached hydrogens (tertiary/aromatic N) is 2. The van der Waals surface area contributed by atoms with Gasteiger partial charge in [-0.3, -0.25) is 10.0 Å². The Bertz CT molecular complexity index is 534. The van der Waals surface area contributed by atoms with Crippen molar-refractivity contribution in [3.8, 4) is 0 Å². The number of hydrogen-bond donors (Lipinski definition) is 2. The Morgan fingerprint density at radius 2 is 2.11 bits per heavy atom. The van der Waals surface area contributed by atoms with Crippen molar-refractivity contribution in [1.29, 1.82) is 0 Å². The summed E-state index contributed by atoms with van der Waals surface area (Å²) in [5, 5.41) is 12.3. The third-order valence-electron chi connectivity index (χ3n) is 2.49. The molecule has 0 radical (unpaired) electrons. The predicted molar refractivity (Wildman–Crippen MR) is 62.2 cm³/mol. The van der Waals surface area contributed by atoms with Gasteiger partial charge in [0.2, 0.25) is 5.89 Å². The molecule has 6 nitrogen and oxygen atoms in total. The molecule has 0 fully saturated rings. The van der Waals surface area contributed by atoms with E-state index >= 15 is 0 Å². The van der Waals surface area contributed by atoms with Gasteiger partial charge < -0.3 is 4.52 Å². The summed E-state index contributed by atoms with van der Waals surface area (Å²) in [6, 6.07) is 6.82. The molecule has 1 aromatic heterocycles. The minimum Gasteiger partial charge on any atom is -0.339 e. The Morgan fingerprint density at radius 1 is 1.39 bits per heavy atom. The Labute approximate surface area is 104 Å². The van der Waals surface area contributed by atoms with Crippen molar-refractivity contribution in [3.63, 3.8) is 0 Å². The van der Waals surface area contributed by atoms with E-state index in [1.54, 1.807) is 29.7 Å². The van der Waals surface area contributed by atoms with Crippen LogP contribution in [-0.4, -0.2) is 21.3 Å². The summed E-state index contributed by atoms with van der Waals surface area (Å²) in [6.07, 6.45) is 1.26. The Hall–Kier alpha value is -2.21. The number of carbonyl (C=O) groups excluding carboxylic acids is 1. The highest BCUT2D eigenvalue weighted by atomic mass is 16.5. The van der Waals surface area contributed by atoms with E-state index in [-0.39, 0.29) is 0 Å². The lowest BCUT2D eigenvalue weighted by Gasteiger charge is -2.00. The molecule has 6 heteroatoms. The highest BCUT2D eigenvalue weighted by molar-refractivity contribution is 5.93. The zero-order valence-electron chi connectivity index (χ0n) is 9.88. The molecule has 1 heterocycles. The monoisotopic (exact) mass is 247 g/mol. The zero-order valence-corrected chi connectivity index (χ0v) is 9.88. The van der Waals surface area contributed by atoms with Crippen LogP contribution in [0, 0.1) is 0 Å². The van der Waals surface area contributed by atoms with Gasteiger partial charge in [-0.25, -0.2) is 5.48 Å². The van der Waals surface area contributed by atoms with Gasteiger partial charge in [0.25, 0.3) is 5.91 Å². The second-order valence-corrected chi connectivity index (χ2v) is 3.77. The number of carbonyl (C=O) groups is 1. The van der Waals surface area contributed by atoms with Crippen LogP contribution in [-0.2, 0) is 12.8 Å². The highest BCUT2D eigenvalue weighted by Crippen LogP contribution is 2.09. The normalized spacial score (nSPS) is 10.3. The van der Waals surface area contributed by atoms with Crippen LogP contribution in [0.5, 0.6) is 0 Å². The largest absolute Gasteiger partial charge is 0.339 e. The van der Waals surface area contributed by atoms with Gasteiger partial charge in [0.15, 0.2) is 5.82 Å². The number of hydrogen-bond acceptors (Lipinski definition) is 5. The molecule has 0 spiro atoms. The lowest BCUT2D eigenvalue weighted by atomic mass is 10.1. The smallest absolute Gasteiger partial charge is 0.274 e. The Kier molecular flexibility index (Phi) is 3.69. The molecule has 18 heavy (non-hydrogen) atoms. The summed E-state index contributed by atoms with van der Waals surface area (Å²) in [5.74, 6) is 0.696. The fourth-order valence-electron chi connectivity index (χ4n) is 1.53. The van der Waals surface area contributed by atoms with Crippen molar-refractivity contribution in [3.05, 3.63) is 47.1 Å². The van der Waals surface area contributed by atoms with E-state index in [4.69, 9.17) is 9.73 Å². The van der Waals surface area contributed by atoms with Crippen LogP contribution in [0.25, 0.3) is 0 Å². The maximum atomic E-state index is 11.1. The number of benzene rings is 1. The van der Waals surface area contributed by atoms with Crippen LogP contribution in [0.3, 0.4) is 0 Å². The van der Waals surface area contributed by atoms with Gasteiger partial charge in [-0.2, -0.15) is 4.98 Å². The number of hydroxylamine groups is 1. The van der Waals surface area contributed by atoms with Gasteiger partial charge in [0.1, 0.15) is 0 Å². The second-order valence-electron chi connectivity index (χ2n) is 3.77. The van der Waals surface area contributed by atoms with Crippen LogP contribution < -0.4 is 5.48 Å². The Morgan fingerprint density at radius 3 is 2.67 bits per heavy atom. The third-order valence-corrected chi connectivity index (χ3v) is 2.49. The lowest BCUT2D eigenvalue weighted by molar-refractivity contribution is 0.0706. The van der Waals surface area contributed by atoms with E-state index in [0.29, 0.717) is 30.1 Å². The molecule has 2 rings (SSSR count). The number of aryl methyl sites for hydroxylation is 1. The molecule has 0 aliphatic heterocycles.